The van der Waals surface area contributed by atoms with Gasteiger partial charge < -0.3 is 5.32 Å². The van der Waals surface area contributed by atoms with Crippen LogP contribution in [0.15, 0.2) is 16.6 Å². The maximum atomic E-state index is 13.3. The molecule has 0 bridgehead atoms. The quantitative estimate of drug-likeness (QED) is 0.776. The molecule has 0 saturated carbocycles. The average molecular weight is 303 g/mol. The van der Waals surface area contributed by atoms with Crippen LogP contribution in [0.3, 0.4) is 0 Å². The van der Waals surface area contributed by atoms with E-state index in [-0.39, 0.29) is 30.1 Å². The fraction of sp³-hybridized carbons (Fsp3) is 0.333. The van der Waals surface area contributed by atoms with Crippen molar-refractivity contribution >= 4 is 28.3 Å². The highest BCUT2D eigenvalue weighted by Gasteiger charge is 2.38. The van der Waals surface area contributed by atoms with E-state index in [1.54, 1.807) is 0 Å². The SMILES string of the molecule is Cl.Fc1cc(Br)cc2c1CNCC2(F)F. The molecule has 0 aromatic heterocycles. The Labute approximate surface area is 99.6 Å². The lowest BCUT2D eigenvalue weighted by molar-refractivity contribution is -0.0115. The van der Waals surface area contributed by atoms with Gasteiger partial charge in [0, 0.05) is 22.1 Å². The van der Waals surface area contributed by atoms with E-state index in [0.29, 0.717) is 4.47 Å². The summed E-state index contributed by atoms with van der Waals surface area (Å²) >= 11 is 3.00. The van der Waals surface area contributed by atoms with Gasteiger partial charge in [-0.05, 0) is 12.1 Å². The molecule has 0 radical (unpaired) electrons. The Morgan fingerprint density at radius 1 is 1.33 bits per heavy atom. The van der Waals surface area contributed by atoms with Crippen LogP contribution in [-0.4, -0.2) is 6.54 Å². The molecule has 0 fully saturated rings. The molecule has 1 nitrogen and oxygen atoms in total. The van der Waals surface area contributed by atoms with Crippen molar-refractivity contribution in [3.05, 3.63) is 33.5 Å². The van der Waals surface area contributed by atoms with E-state index >= 15 is 0 Å². The summed E-state index contributed by atoms with van der Waals surface area (Å²) in [7, 11) is 0. The molecule has 2 rings (SSSR count). The predicted octanol–water partition coefficient (Wildman–Crippen LogP) is 3.21. The molecule has 84 valence electrons. The summed E-state index contributed by atoms with van der Waals surface area (Å²) in [6.07, 6.45) is 0. The Morgan fingerprint density at radius 2 is 2.00 bits per heavy atom. The molecule has 15 heavy (non-hydrogen) atoms. The fourth-order valence-electron chi connectivity index (χ4n) is 1.55. The van der Waals surface area contributed by atoms with Gasteiger partial charge in [-0.2, -0.15) is 8.78 Å². The van der Waals surface area contributed by atoms with E-state index in [1.807, 2.05) is 0 Å². The van der Waals surface area contributed by atoms with Crippen molar-refractivity contribution < 1.29 is 13.2 Å². The lowest BCUT2D eigenvalue weighted by atomic mass is 9.97. The Morgan fingerprint density at radius 3 is 2.67 bits per heavy atom. The van der Waals surface area contributed by atoms with Crippen LogP contribution < -0.4 is 5.32 Å². The highest BCUT2D eigenvalue weighted by atomic mass is 79.9. The van der Waals surface area contributed by atoms with Crippen LogP contribution in [-0.2, 0) is 12.5 Å². The van der Waals surface area contributed by atoms with Gasteiger partial charge in [-0.25, -0.2) is 4.39 Å². The summed E-state index contributed by atoms with van der Waals surface area (Å²) in [4.78, 5) is 0. The first-order valence-electron chi connectivity index (χ1n) is 4.07. The zero-order chi connectivity index (χ0) is 10.3. The third-order valence-electron chi connectivity index (χ3n) is 2.20. The van der Waals surface area contributed by atoms with Gasteiger partial charge in [-0.15, -0.1) is 12.4 Å². The van der Waals surface area contributed by atoms with Crippen LogP contribution >= 0.6 is 28.3 Å². The van der Waals surface area contributed by atoms with Crippen molar-refractivity contribution in [2.45, 2.75) is 12.5 Å². The third kappa shape index (κ3) is 2.29. The van der Waals surface area contributed by atoms with E-state index in [1.165, 1.54) is 12.1 Å². The number of halogens is 5. The van der Waals surface area contributed by atoms with E-state index in [4.69, 9.17) is 0 Å². The van der Waals surface area contributed by atoms with Crippen molar-refractivity contribution in [2.24, 2.45) is 0 Å². The van der Waals surface area contributed by atoms with Gasteiger partial charge in [-0.3, -0.25) is 0 Å². The topological polar surface area (TPSA) is 12.0 Å². The first kappa shape index (κ1) is 12.8. The van der Waals surface area contributed by atoms with Crippen LogP contribution in [0, 0.1) is 5.82 Å². The maximum Gasteiger partial charge on any atom is 0.285 e. The van der Waals surface area contributed by atoms with Crippen LogP contribution in [0.1, 0.15) is 11.1 Å². The minimum absolute atomic E-state index is 0. The monoisotopic (exact) mass is 301 g/mol. The first-order valence-corrected chi connectivity index (χ1v) is 4.87. The van der Waals surface area contributed by atoms with Gasteiger partial charge in [0.1, 0.15) is 5.82 Å². The molecular weight excluding hydrogens is 294 g/mol. The van der Waals surface area contributed by atoms with Crippen LogP contribution in [0.5, 0.6) is 0 Å². The number of alkyl halides is 2. The van der Waals surface area contributed by atoms with Gasteiger partial charge in [-0.1, -0.05) is 15.9 Å². The van der Waals surface area contributed by atoms with Gasteiger partial charge in [0.2, 0.25) is 0 Å². The van der Waals surface area contributed by atoms with Crippen molar-refractivity contribution in [3.63, 3.8) is 0 Å². The molecule has 0 atom stereocenters. The molecule has 1 aromatic rings. The van der Waals surface area contributed by atoms with Crippen molar-refractivity contribution in [1.29, 1.82) is 0 Å². The lowest BCUT2D eigenvalue weighted by Crippen LogP contribution is -2.37. The number of fused-ring (bicyclic) bond motifs is 1. The zero-order valence-corrected chi connectivity index (χ0v) is 9.89. The molecular formula is C9H8BrClF3N. The summed E-state index contributed by atoms with van der Waals surface area (Å²) in [5.41, 5.74) is -0.160. The van der Waals surface area contributed by atoms with Gasteiger partial charge in [0.25, 0.3) is 5.92 Å². The highest BCUT2D eigenvalue weighted by molar-refractivity contribution is 9.10. The van der Waals surface area contributed by atoms with Crippen LogP contribution in [0.4, 0.5) is 13.2 Å². The summed E-state index contributed by atoms with van der Waals surface area (Å²) in [6, 6.07) is 2.47. The molecule has 6 heteroatoms. The Kier molecular flexibility index (Phi) is 3.68. The molecule has 0 aliphatic carbocycles. The van der Waals surface area contributed by atoms with Crippen LogP contribution in [0.25, 0.3) is 0 Å². The molecule has 1 aliphatic heterocycles. The largest absolute Gasteiger partial charge is 0.307 e. The van der Waals surface area contributed by atoms with E-state index < -0.39 is 18.3 Å². The van der Waals surface area contributed by atoms with Crippen LogP contribution in [0.2, 0.25) is 0 Å². The summed E-state index contributed by atoms with van der Waals surface area (Å²) in [5, 5.41) is 2.49. The van der Waals surface area contributed by atoms with Crippen molar-refractivity contribution in [3.8, 4) is 0 Å². The minimum Gasteiger partial charge on any atom is -0.307 e. The van der Waals surface area contributed by atoms with Gasteiger partial charge >= 0.3 is 0 Å². The fourth-order valence-corrected chi connectivity index (χ4v) is 1.98. The van der Waals surface area contributed by atoms with E-state index in [9.17, 15) is 13.2 Å². The molecule has 1 aliphatic rings. The molecule has 1 N–H and O–H groups in total. The smallest absolute Gasteiger partial charge is 0.285 e. The number of hydrogen-bond donors (Lipinski definition) is 1. The standard InChI is InChI=1S/C9H7BrF3N.ClH/c10-5-1-7-6(8(11)2-5)3-14-4-9(7,12)13;/h1-2,14H,3-4H2;1H. The second kappa shape index (κ2) is 4.31. The number of benzene rings is 1. The molecule has 0 unspecified atom stereocenters. The second-order valence-electron chi connectivity index (χ2n) is 3.22. The van der Waals surface area contributed by atoms with Gasteiger partial charge in [0.15, 0.2) is 0 Å². The summed E-state index contributed by atoms with van der Waals surface area (Å²) < 4.78 is 40.2. The normalized spacial score (nSPS) is 17.9. The van der Waals surface area contributed by atoms with Crippen molar-refractivity contribution in [1.82, 2.24) is 5.32 Å². The molecule has 1 aromatic carbocycles. The number of nitrogens with one attached hydrogen (secondary N) is 1. The summed E-state index contributed by atoms with van der Waals surface area (Å²) in [6.45, 7) is -0.278. The highest BCUT2D eigenvalue weighted by Crippen LogP contribution is 2.36. The Balaban J connectivity index is 0.00000112. The van der Waals surface area contributed by atoms with E-state index in [0.717, 1.165) is 0 Å². The molecule has 0 spiro atoms. The van der Waals surface area contributed by atoms with Crippen molar-refractivity contribution in [2.75, 3.05) is 6.54 Å². The Hall–Kier alpha value is -0.260. The molecule has 0 saturated heterocycles. The second-order valence-corrected chi connectivity index (χ2v) is 4.14. The number of rotatable bonds is 0. The zero-order valence-electron chi connectivity index (χ0n) is 7.49. The predicted molar refractivity (Wildman–Crippen MR) is 56.9 cm³/mol. The third-order valence-corrected chi connectivity index (χ3v) is 2.66. The molecule has 0 amide bonds. The average Bonchev–Trinajstić information content (AvgIpc) is 2.06. The maximum absolute atomic E-state index is 13.3. The minimum atomic E-state index is -2.99. The Bertz CT molecular complexity index is 384. The van der Waals surface area contributed by atoms with Gasteiger partial charge in [0.05, 0.1) is 6.54 Å². The lowest BCUT2D eigenvalue weighted by Gasteiger charge is -2.26. The summed E-state index contributed by atoms with van der Waals surface area (Å²) in [5.74, 6) is -3.58. The molecule has 1 heterocycles. The van der Waals surface area contributed by atoms with E-state index in [2.05, 4.69) is 21.2 Å². The number of hydrogen-bond acceptors (Lipinski definition) is 1. The first-order chi connectivity index (χ1) is 6.50.